The molecule has 2 rings (SSSR count). The van der Waals surface area contributed by atoms with Crippen LogP contribution in [0.1, 0.15) is 31.7 Å². The molecule has 1 aliphatic heterocycles. The van der Waals surface area contributed by atoms with Crippen molar-refractivity contribution in [3.8, 4) is 5.75 Å². The van der Waals surface area contributed by atoms with Crippen molar-refractivity contribution in [2.24, 2.45) is 11.8 Å². The van der Waals surface area contributed by atoms with Crippen LogP contribution in [-0.4, -0.2) is 38.7 Å². The lowest BCUT2D eigenvalue weighted by Crippen LogP contribution is -2.32. The third kappa shape index (κ3) is 6.05. The van der Waals surface area contributed by atoms with Crippen molar-refractivity contribution in [1.29, 1.82) is 0 Å². The summed E-state index contributed by atoms with van der Waals surface area (Å²) in [5.41, 5.74) is 1.66. The molecule has 2 N–H and O–H groups in total. The first-order valence-electron chi connectivity index (χ1n) is 8.80. The summed E-state index contributed by atoms with van der Waals surface area (Å²) in [4.78, 5) is 23.4. The van der Waals surface area contributed by atoms with E-state index in [-0.39, 0.29) is 12.5 Å². The molecular weight excluding hydrogens is 320 g/mol. The first-order chi connectivity index (χ1) is 12.0. The molecule has 1 fully saturated rings. The molecule has 0 bridgehead atoms. The SMILES string of the molecule is COC(=O)COc1ccc(NC(=O)CC(C)C2CCNCC2)c(C)c1. The van der Waals surface area contributed by atoms with Gasteiger partial charge in [-0.2, -0.15) is 0 Å². The van der Waals surface area contributed by atoms with E-state index < -0.39 is 5.97 Å². The summed E-state index contributed by atoms with van der Waals surface area (Å²) in [6.07, 6.45) is 2.81. The van der Waals surface area contributed by atoms with Crippen molar-refractivity contribution in [2.75, 3.05) is 32.1 Å². The summed E-state index contributed by atoms with van der Waals surface area (Å²) in [6, 6.07) is 5.34. The number of carbonyl (C=O) groups excluding carboxylic acids is 2. The van der Waals surface area contributed by atoms with Crippen LogP contribution >= 0.6 is 0 Å². The Kier molecular flexibility index (Phi) is 7.25. The lowest BCUT2D eigenvalue weighted by molar-refractivity contribution is -0.142. The second-order valence-corrected chi connectivity index (χ2v) is 6.66. The Morgan fingerprint density at radius 3 is 2.68 bits per heavy atom. The quantitative estimate of drug-likeness (QED) is 0.741. The fourth-order valence-electron chi connectivity index (χ4n) is 3.14. The van der Waals surface area contributed by atoms with Gasteiger partial charge in [0.1, 0.15) is 5.75 Å². The van der Waals surface area contributed by atoms with Gasteiger partial charge in [0.2, 0.25) is 5.91 Å². The van der Waals surface area contributed by atoms with E-state index in [4.69, 9.17) is 4.74 Å². The third-order valence-electron chi connectivity index (χ3n) is 4.75. The molecule has 6 heteroatoms. The molecule has 0 radical (unpaired) electrons. The molecule has 25 heavy (non-hydrogen) atoms. The Morgan fingerprint density at radius 1 is 1.32 bits per heavy atom. The lowest BCUT2D eigenvalue weighted by Gasteiger charge is -2.28. The average Bonchev–Trinajstić information content (AvgIpc) is 2.62. The monoisotopic (exact) mass is 348 g/mol. The number of methoxy groups -OCH3 is 1. The zero-order valence-electron chi connectivity index (χ0n) is 15.3. The van der Waals surface area contributed by atoms with Gasteiger partial charge in [0.15, 0.2) is 6.61 Å². The van der Waals surface area contributed by atoms with Crippen LogP contribution in [0.15, 0.2) is 18.2 Å². The molecule has 1 aliphatic rings. The van der Waals surface area contributed by atoms with Crippen LogP contribution < -0.4 is 15.4 Å². The minimum absolute atomic E-state index is 0.0392. The Hall–Kier alpha value is -2.08. The topological polar surface area (TPSA) is 76.7 Å². The van der Waals surface area contributed by atoms with Gasteiger partial charge in [0.05, 0.1) is 7.11 Å². The first kappa shape index (κ1) is 19.2. The fourth-order valence-corrected chi connectivity index (χ4v) is 3.14. The van der Waals surface area contributed by atoms with Crippen molar-refractivity contribution >= 4 is 17.6 Å². The number of aryl methyl sites for hydroxylation is 1. The predicted octanol–water partition coefficient (Wildman–Crippen LogP) is 2.51. The van der Waals surface area contributed by atoms with Crippen LogP contribution in [0.5, 0.6) is 5.75 Å². The standard InChI is InChI=1S/C19H28N2O4/c1-13(15-6-8-20-9-7-15)11-18(22)21-17-5-4-16(10-14(17)2)25-12-19(23)24-3/h4-5,10,13,15,20H,6-9,11-12H2,1-3H3,(H,21,22). The minimum atomic E-state index is -0.429. The van der Waals surface area contributed by atoms with Gasteiger partial charge in [-0.3, -0.25) is 4.79 Å². The average molecular weight is 348 g/mol. The van der Waals surface area contributed by atoms with Gasteiger partial charge >= 0.3 is 5.97 Å². The molecule has 0 saturated carbocycles. The zero-order valence-corrected chi connectivity index (χ0v) is 15.3. The Bertz CT molecular complexity index is 597. The van der Waals surface area contributed by atoms with Gasteiger partial charge < -0.3 is 20.1 Å². The maximum Gasteiger partial charge on any atom is 0.343 e. The maximum atomic E-state index is 12.3. The predicted molar refractivity (Wildman–Crippen MR) is 96.7 cm³/mol. The van der Waals surface area contributed by atoms with Crippen molar-refractivity contribution in [3.05, 3.63) is 23.8 Å². The minimum Gasteiger partial charge on any atom is -0.482 e. The fraction of sp³-hybridized carbons (Fsp3) is 0.579. The highest BCUT2D eigenvalue weighted by molar-refractivity contribution is 5.91. The summed E-state index contributed by atoms with van der Waals surface area (Å²) < 4.78 is 9.89. The van der Waals surface area contributed by atoms with Crippen LogP contribution in [0.25, 0.3) is 0 Å². The summed E-state index contributed by atoms with van der Waals surface area (Å²) in [7, 11) is 1.32. The summed E-state index contributed by atoms with van der Waals surface area (Å²) in [5, 5.41) is 6.34. The number of ether oxygens (including phenoxy) is 2. The number of amides is 1. The highest BCUT2D eigenvalue weighted by Gasteiger charge is 2.22. The lowest BCUT2D eigenvalue weighted by atomic mass is 9.84. The highest BCUT2D eigenvalue weighted by Crippen LogP contribution is 2.26. The van der Waals surface area contributed by atoms with Gasteiger partial charge in [0.25, 0.3) is 0 Å². The third-order valence-corrected chi connectivity index (χ3v) is 4.75. The van der Waals surface area contributed by atoms with E-state index in [9.17, 15) is 9.59 Å². The van der Waals surface area contributed by atoms with Gasteiger partial charge in [-0.15, -0.1) is 0 Å². The molecule has 1 saturated heterocycles. The van der Waals surface area contributed by atoms with E-state index in [0.717, 1.165) is 37.2 Å². The summed E-state index contributed by atoms with van der Waals surface area (Å²) >= 11 is 0. The number of carbonyl (C=O) groups is 2. The first-order valence-corrected chi connectivity index (χ1v) is 8.80. The van der Waals surface area contributed by atoms with E-state index in [1.807, 2.05) is 6.92 Å². The highest BCUT2D eigenvalue weighted by atomic mass is 16.6. The van der Waals surface area contributed by atoms with Crippen LogP contribution in [0, 0.1) is 18.8 Å². The van der Waals surface area contributed by atoms with Crippen LogP contribution in [0.4, 0.5) is 5.69 Å². The van der Waals surface area contributed by atoms with Crippen LogP contribution in [0.2, 0.25) is 0 Å². The molecule has 1 unspecified atom stereocenters. The van der Waals surface area contributed by atoms with Gasteiger partial charge in [-0.1, -0.05) is 6.92 Å². The number of nitrogens with one attached hydrogen (secondary N) is 2. The maximum absolute atomic E-state index is 12.3. The number of benzene rings is 1. The smallest absolute Gasteiger partial charge is 0.343 e. The number of hydrogen-bond acceptors (Lipinski definition) is 5. The zero-order chi connectivity index (χ0) is 18.2. The van der Waals surface area contributed by atoms with Gasteiger partial charge in [0, 0.05) is 12.1 Å². The molecule has 0 aliphatic carbocycles. The number of esters is 1. The number of anilines is 1. The van der Waals surface area contributed by atoms with E-state index in [1.165, 1.54) is 7.11 Å². The molecule has 1 amide bonds. The second kappa shape index (κ2) is 9.42. The van der Waals surface area contributed by atoms with Gasteiger partial charge in [-0.25, -0.2) is 4.79 Å². The molecule has 0 spiro atoms. The van der Waals surface area contributed by atoms with Crippen molar-refractivity contribution < 1.29 is 19.1 Å². The molecule has 1 aromatic rings. The normalized spacial score (nSPS) is 16.1. The van der Waals surface area contributed by atoms with Crippen LogP contribution in [-0.2, 0) is 14.3 Å². The largest absolute Gasteiger partial charge is 0.482 e. The summed E-state index contributed by atoms with van der Waals surface area (Å²) in [6.45, 7) is 6.02. The van der Waals surface area contributed by atoms with E-state index in [2.05, 4.69) is 22.3 Å². The van der Waals surface area contributed by atoms with Crippen LogP contribution in [0.3, 0.4) is 0 Å². The Labute approximate surface area is 149 Å². The van der Waals surface area contributed by atoms with Gasteiger partial charge in [-0.05, 0) is 68.5 Å². The number of rotatable bonds is 7. The molecule has 0 aromatic heterocycles. The molecule has 6 nitrogen and oxygen atoms in total. The summed E-state index contributed by atoms with van der Waals surface area (Å²) in [5.74, 6) is 1.18. The van der Waals surface area contributed by atoms with Crippen molar-refractivity contribution in [3.63, 3.8) is 0 Å². The van der Waals surface area contributed by atoms with Crippen molar-refractivity contribution in [2.45, 2.75) is 33.1 Å². The number of hydrogen-bond donors (Lipinski definition) is 2. The molecular formula is C19H28N2O4. The molecule has 1 atom stereocenters. The second-order valence-electron chi connectivity index (χ2n) is 6.66. The number of piperidine rings is 1. The molecule has 138 valence electrons. The molecule has 1 heterocycles. The molecule has 1 aromatic carbocycles. The Balaban J connectivity index is 1.86. The van der Waals surface area contributed by atoms with E-state index in [0.29, 0.717) is 24.0 Å². The Morgan fingerprint density at radius 2 is 2.04 bits per heavy atom. The van der Waals surface area contributed by atoms with E-state index >= 15 is 0 Å². The van der Waals surface area contributed by atoms with Crippen molar-refractivity contribution in [1.82, 2.24) is 5.32 Å². The van der Waals surface area contributed by atoms with E-state index in [1.54, 1.807) is 18.2 Å².